The Morgan fingerprint density at radius 3 is 2.11 bits per heavy atom. The number of unbranched alkanes of at least 4 members (excludes halogenated alkanes) is 6. The van der Waals surface area contributed by atoms with Gasteiger partial charge in [-0.1, -0.05) is 62.4 Å². The molecule has 2 heteroatoms. The molecule has 0 N–H and O–H groups in total. The molecule has 0 radical (unpaired) electrons. The molecule has 0 amide bonds. The molecule has 0 bridgehead atoms. The van der Waals surface area contributed by atoms with E-state index >= 15 is 0 Å². The second kappa shape index (κ2) is 10.6. The highest BCUT2D eigenvalue weighted by molar-refractivity contribution is 5.65. The summed E-state index contributed by atoms with van der Waals surface area (Å²) in [5.74, 6) is -0.166. The maximum atomic E-state index is 10.5. The Labute approximate surface area is 117 Å². The maximum Gasteiger partial charge on any atom is 0.302 e. The van der Waals surface area contributed by atoms with Crippen LogP contribution in [-0.2, 0) is 16.0 Å². The molecule has 0 fully saturated rings. The van der Waals surface area contributed by atoms with Crippen LogP contribution in [-0.4, -0.2) is 12.6 Å². The summed E-state index contributed by atoms with van der Waals surface area (Å²) in [5.41, 5.74) is 1.45. The van der Waals surface area contributed by atoms with E-state index in [-0.39, 0.29) is 5.97 Å². The van der Waals surface area contributed by atoms with Gasteiger partial charge in [0.2, 0.25) is 0 Å². The smallest absolute Gasteiger partial charge is 0.302 e. The van der Waals surface area contributed by atoms with Crippen molar-refractivity contribution in [3.05, 3.63) is 35.9 Å². The van der Waals surface area contributed by atoms with E-state index in [1.165, 1.54) is 57.4 Å². The number of aryl methyl sites for hydroxylation is 1. The number of rotatable bonds is 10. The Bertz CT molecular complexity index is 332. The molecular weight excluding hydrogens is 236 g/mol. The lowest BCUT2D eigenvalue weighted by Crippen LogP contribution is -2.00. The molecule has 0 heterocycles. The van der Waals surface area contributed by atoms with Crippen LogP contribution in [0.2, 0.25) is 0 Å². The van der Waals surface area contributed by atoms with Gasteiger partial charge in [-0.25, -0.2) is 0 Å². The van der Waals surface area contributed by atoms with Gasteiger partial charge in [0, 0.05) is 6.92 Å². The first-order chi connectivity index (χ1) is 9.29. The topological polar surface area (TPSA) is 26.3 Å². The molecule has 106 valence electrons. The molecule has 19 heavy (non-hydrogen) atoms. The molecule has 0 atom stereocenters. The Balaban J connectivity index is 1.83. The fourth-order valence-electron chi connectivity index (χ4n) is 2.18. The van der Waals surface area contributed by atoms with Gasteiger partial charge < -0.3 is 4.74 Å². The van der Waals surface area contributed by atoms with Crippen LogP contribution < -0.4 is 0 Å². The van der Waals surface area contributed by atoms with Crippen LogP contribution in [0, 0.1) is 0 Å². The maximum absolute atomic E-state index is 10.5. The summed E-state index contributed by atoms with van der Waals surface area (Å²) < 4.78 is 4.90. The SMILES string of the molecule is CC(=O)OCCCCCCCCCc1ccccc1. The highest BCUT2D eigenvalue weighted by Gasteiger charge is 1.95. The lowest BCUT2D eigenvalue weighted by molar-refractivity contribution is -0.141. The quantitative estimate of drug-likeness (QED) is 0.457. The number of benzene rings is 1. The molecule has 2 nitrogen and oxygen atoms in total. The second-order valence-corrected chi connectivity index (χ2v) is 5.05. The summed E-state index contributed by atoms with van der Waals surface area (Å²) in [5, 5.41) is 0. The standard InChI is InChI=1S/C17H26O2/c1-16(18)19-15-11-6-4-2-3-5-8-12-17-13-9-7-10-14-17/h7,9-10,13-14H,2-6,8,11-12,15H2,1H3. The zero-order valence-corrected chi connectivity index (χ0v) is 12.1. The average Bonchev–Trinajstić information content (AvgIpc) is 2.42. The van der Waals surface area contributed by atoms with Gasteiger partial charge >= 0.3 is 5.97 Å². The number of esters is 1. The van der Waals surface area contributed by atoms with E-state index in [1.54, 1.807) is 0 Å². The van der Waals surface area contributed by atoms with Crippen molar-refractivity contribution in [3.8, 4) is 0 Å². The van der Waals surface area contributed by atoms with E-state index in [4.69, 9.17) is 4.74 Å². The third-order valence-electron chi connectivity index (χ3n) is 3.26. The normalized spacial score (nSPS) is 10.4. The van der Waals surface area contributed by atoms with Crippen LogP contribution in [0.5, 0.6) is 0 Å². The number of carbonyl (C=O) groups is 1. The molecule has 0 aromatic heterocycles. The number of ether oxygens (including phenoxy) is 1. The van der Waals surface area contributed by atoms with Crippen molar-refractivity contribution in [3.63, 3.8) is 0 Å². The van der Waals surface area contributed by atoms with Gasteiger partial charge in [-0.15, -0.1) is 0 Å². The molecule has 0 aliphatic rings. The molecule has 1 aromatic carbocycles. The Morgan fingerprint density at radius 2 is 1.47 bits per heavy atom. The second-order valence-electron chi connectivity index (χ2n) is 5.05. The van der Waals surface area contributed by atoms with E-state index in [1.807, 2.05) is 0 Å². The molecule has 0 aliphatic carbocycles. The molecule has 0 aliphatic heterocycles. The Morgan fingerprint density at radius 1 is 0.895 bits per heavy atom. The predicted octanol–water partition coefficient (Wildman–Crippen LogP) is 4.52. The molecule has 0 saturated carbocycles. The van der Waals surface area contributed by atoms with Crippen LogP contribution in [0.25, 0.3) is 0 Å². The van der Waals surface area contributed by atoms with Crippen LogP contribution in [0.3, 0.4) is 0 Å². The summed E-state index contributed by atoms with van der Waals surface area (Å²) in [6.07, 6.45) is 9.86. The zero-order chi connectivity index (χ0) is 13.8. The monoisotopic (exact) mass is 262 g/mol. The van der Waals surface area contributed by atoms with Gasteiger partial charge in [-0.05, 0) is 24.8 Å². The van der Waals surface area contributed by atoms with Crippen LogP contribution in [0.1, 0.15) is 57.4 Å². The minimum Gasteiger partial charge on any atom is -0.466 e. The van der Waals surface area contributed by atoms with Crippen molar-refractivity contribution in [2.75, 3.05) is 6.61 Å². The average molecular weight is 262 g/mol. The van der Waals surface area contributed by atoms with Crippen molar-refractivity contribution in [2.24, 2.45) is 0 Å². The first-order valence-electron chi connectivity index (χ1n) is 7.46. The van der Waals surface area contributed by atoms with Gasteiger partial charge in [0.05, 0.1) is 6.61 Å². The summed E-state index contributed by atoms with van der Waals surface area (Å²) in [4.78, 5) is 10.5. The number of hydrogen-bond donors (Lipinski definition) is 0. The fraction of sp³-hybridized carbons (Fsp3) is 0.588. The molecule has 1 aromatic rings. The summed E-state index contributed by atoms with van der Waals surface area (Å²) >= 11 is 0. The van der Waals surface area contributed by atoms with Gasteiger partial charge in [0.1, 0.15) is 0 Å². The van der Waals surface area contributed by atoms with Gasteiger partial charge in [0.25, 0.3) is 0 Å². The first kappa shape index (κ1) is 15.7. The van der Waals surface area contributed by atoms with E-state index in [9.17, 15) is 4.79 Å². The van der Waals surface area contributed by atoms with Gasteiger partial charge in [0.15, 0.2) is 0 Å². The highest BCUT2D eigenvalue weighted by atomic mass is 16.5. The van der Waals surface area contributed by atoms with Crippen LogP contribution in [0.15, 0.2) is 30.3 Å². The van der Waals surface area contributed by atoms with Crippen molar-refractivity contribution < 1.29 is 9.53 Å². The molecule has 1 rings (SSSR count). The predicted molar refractivity (Wildman–Crippen MR) is 79.1 cm³/mol. The van der Waals surface area contributed by atoms with Crippen molar-refractivity contribution in [1.29, 1.82) is 0 Å². The van der Waals surface area contributed by atoms with Gasteiger partial charge in [-0.2, -0.15) is 0 Å². The lowest BCUT2D eigenvalue weighted by Gasteiger charge is -2.03. The summed E-state index contributed by atoms with van der Waals surface area (Å²) in [6.45, 7) is 2.05. The third kappa shape index (κ3) is 9.29. The third-order valence-corrected chi connectivity index (χ3v) is 3.26. The molecular formula is C17H26O2. The van der Waals surface area contributed by atoms with Crippen LogP contribution in [0.4, 0.5) is 0 Å². The van der Waals surface area contributed by atoms with E-state index < -0.39 is 0 Å². The van der Waals surface area contributed by atoms with Crippen molar-refractivity contribution in [1.82, 2.24) is 0 Å². The summed E-state index contributed by atoms with van der Waals surface area (Å²) in [7, 11) is 0. The minimum absolute atomic E-state index is 0.166. The molecule has 0 unspecified atom stereocenters. The van der Waals surface area contributed by atoms with Crippen molar-refractivity contribution in [2.45, 2.75) is 58.3 Å². The lowest BCUT2D eigenvalue weighted by atomic mass is 10.0. The number of carbonyl (C=O) groups excluding carboxylic acids is 1. The minimum atomic E-state index is -0.166. The Kier molecular flexibility index (Phi) is 8.78. The van der Waals surface area contributed by atoms with Crippen molar-refractivity contribution >= 4 is 5.97 Å². The fourth-order valence-corrected chi connectivity index (χ4v) is 2.18. The van der Waals surface area contributed by atoms with E-state index in [2.05, 4.69) is 30.3 Å². The zero-order valence-electron chi connectivity index (χ0n) is 12.1. The van der Waals surface area contributed by atoms with E-state index in [0.29, 0.717) is 6.61 Å². The largest absolute Gasteiger partial charge is 0.466 e. The summed E-state index contributed by atoms with van der Waals surface area (Å²) in [6, 6.07) is 10.7. The van der Waals surface area contributed by atoms with E-state index in [0.717, 1.165) is 6.42 Å². The molecule has 0 spiro atoms. The van der Waals surface area contributed by atoms with Gasteiger partial charge in [-0.3, -0.25) is 4.79 Å². The van der Waals surface area contributed by atoms with Crippen LogP contribution >= 0.6 is 0 Å². The Hall–Kier alpha value is -1.31. The molecule has 0 saturated heterocycles. The number of hydrogen-bond acceptors (Lipinski definition) is 2. The first-order valence-corrected chi connectivity index (χ1v) is 7.46. The highest BCUT2D eigenvalue weighted by Crippen LogP contribution is 2.10.